The van der Waals surface area contributed by atoms with E-state index in [4.69, 9.17) is 4.74 Å². The molecule has 0 amide bonds. The average Bonchev–Trinajstić information content (AvgIpc) is 3.36. The van der Waals surface area contributed by atoms with Crippen molar-refractivity contribution in [2.45, 2.75) is 31.6 Å². The second-order valence-electron chi connectivity index (χ2n) is 7.61. The highest BCUT2D eigenvalue weighted by molar-refractivity contribution is 7.92. The number of rotatable bonds is 10. The van der Waals surface area contributed by atoms with E-state index < -0.39 is 10.0 Å². The van der Waals surface area contributed by atoms with Gasteiger partial charge in [0.2, 0.25) is 0 Å². The third-order valence-corrected chi connectivity index (χ3v) is 6.30. The number of nitrogens with one attached hydrogen (secondary N) is 2. The van der Waals surface area contributed by atoms with Crippen LogP contribution in [0.1, 0.15) is 25.6 Å². The Hall–Kier alpha value is -3.92. The molecule has 0 unspecified atom stereocenters. The van der Waals surface area contributed by atoms with Gasteiger partial charge in [-0.25, -0.2) is 23.4 Å². The molecule has 0 saturated heterocycles. The van der Waals surface area contributed by atoms with Crippen molar-refractivity contribution in [3.8, 4) is 11.6 Å². The predicted octanol–water partition coefficient (Wildman–Crippen LogP) is 4.69. The van der Waals surface area contributed by atoms with Crippen LogP contribution in [0, 0.1) is 6.92 Å². The maximum atomic E-state index is 12.7. The van der Waals surface area contributed by atoms with Gasteiger partial charge >= 0.3 is 0 Å². The van der Waals surface area contributed by atoms with Crippen molar-refractivity contribution in [1.29, 1.82) is 0 Å². The van der Waals surface area contributed by atoms with Crippen LogP contribution in [0.3, 0.4) is 0 Å². The van der Waals surface area contributed by atoms with Crippen LogP contribution in [-0.4, -0.2) is 34.5 Å². The molecule has 0 spiro atoms. The van der Waals surface area contributed by atoms with Gasteiger partial charge in [0.25, 0.3) is 10.0 Å². The molecule has 0 aliphatic carbocycles. The third-order valence-electron chi connectivity index (χ3n) is 4.90. The molecule has 4 aromatic rings. The number of anilines is 3. The van der Waals surface area contributed by atoms with Crippen molar-refractivity contribution in [1.82, 2.24) is 19.5 Å². The molecule has 4 rings (SSSR count). The lowest BCUT2D eigenvalue weighted by molar-refractivity contribution is 0.309. The molecular formula is C24H26N6O3S. The van der Waals surface area contributed by atoms with E-state index >= 15 is 0 Å². The van der Waals surface area contributed by atoms with Gasteiger partial charge in [-0.2, -0.15) is 0 Å². The molecule has 0 bridgehead atoms. The number of unbranched alkanes of at least 4 members (excludes halogenated alkanes) is 1. The van der Waals surface area contributed by atoms with Crippen molar-refractivity contribution in [2.75, 3.05) is 16.6 Å². The van der Waals surface area contributed by atoms with Crippen molar-refractivity contribution in [3.63, 3.8) is 0 Å². The molecule has 2 aromatic carbocycles. The second-order valence-corrected chi connectivity index (χ2v) is 9.29. The first-order valence-electron chi connectivity index (χ1n) is 10.9. The highest BCUT2D eigenvalue weighted by atomic mass is 32.2. The number of hydrogen-bond donors (Lipinski definition) is 2. The first kappa shape index (κ1) is 23.2. The Bertz CT molecular complexity index is 1320. The van der Waals surface area contributed by atoms with Gasteiger partial charge in [-0.3, -0.25) is 9.29 Å². The van der Waals surface area contributed by atoms with Crippen molar-refractivity contribution < 1.29 is 13.2 Å². The van der Waals surface area contributed by atoms with E-state index in [1.54, 1.807) is 65.8 Å². The summed E-state index contributed by atoms with van der Waals surface area (Å²) in [5, 5.41) is 3.22. The van der Waals surface area contributed by atoms with Crippen LogP contribution in [0.25, 0.3) is 5.82 Å². The van der Waals surface area contributed by atoms with Crippen LogP contribution in [0.4, 0.5) is 17.2 Å². The number of sulfonamides is 1. The minimum atomic E-state index is -3.72. The summed E-state index contributed by atoms with van der Waals surface area (Å²) in [5.74, 6) is 2.57. The summed E-state index contributed by atoms with van der Waals surface area (Å²) in [6.45, 7) is 4.51. The fraction of sp³-hybridized carbons (Fsp3) is 0.208. The molecule has 34 heavy (non-hydrogen) atoms. The number of hydrogen-bond acceptors (Lipinski definition) is 7. The molecule has 9 nitrogen and oxygen atoms in total. The van der Waals surface area contributed by atoms with Crippen LogP contribution in [0.2, 0.25) is 0 Å². The van der Waals surface area contributed by atoms with Crippen molar-refractivity contribution >= 4 is 27.2 Å². The van der Waals surface area contributed by atoms with Gasteiger partial charge in [0, 0.05) is 29.8 Å². The normalized spacial score (nSPS) is 11.2. The first-order valence-corrected chi connectivity index (χ1v) is 12.4. The van der Waals surface area contributed by atoms with E-state index in [0.717, 1.165) is 18.5 Å². The van der Waals surface area contributed by atoms with E-state index in [-0.39, 0.29) is 4.90 Å². The monoisotopic (exact) mass is 478 g/mol. The first-order chi connectivity index (χ1) is 16.4. The molecule has 10 heteroatoms. The second kappa shape index (κ2) is 10.3. The number of aromatic nitrogens is 4. The lowest BCUT2D eigenvalue weighted by Crippen LogP contribution is -2.12. The zero-order chi connectivity index (χ0) is 24.0. The molecule has 176 valence electrons. The summed E-state index contributed by atoms with van der Waals surface area (Å²) in [6.07, 6.45) is 7.14. The molecule has 2 N–H and O–H groups in total. The number of nitrogens with zero attached hydrogens (tertiary/aromatic N) is 4. The largest absolute Gasteiger partial charge is 0.494 e. The Balaban J connectivity index is 1.42. The molecule has 0 fully saturated rings. The Morgan fingerprint density at radius 1 is 1.00 bits per heavy atom. The molecule has 2 aromatic heterocycles. The third kappa shape index (κ3) is 5.90. The minimum Gasteiger partial charge on any atom is -0.494 e. The Morgan fingerprint density at radius 2 is 1.74 bits per heavy atom. The van der Waals surface area contributed by atoms with Gasteiger partial charge in [0.15, 0.2) is 0 Å². The molecule has 0 atom stereocenters. The quantitative estimate of drug-likeness (QED) is 0.318. The standard InChI is InChI=1S/C24H26N6O3S/c1-3-4-15-33-21-9-11-22(12-10-21)34(31,32)29-20-7-5-19(6-8-20)28-23-16-24(27-18(2)26-23)30-14-13-25-17-30/h5-14,16-17,29H,3-4,15H2,1-2H3,(H,26,27,28). The summed E-state index contributed by atoms with van der Waals surface area (Å²) < 4.78 is 35.5. The molecule has 0 saturated carbocycles. The highest BCUT2D eigenvalue weighted by Gasteiger charge is 2.14. The lowest BCUT2D eigenvalue weighted by Gasteiger charge is -2.11. The van der Waals surface area contributed by atoms with Gasteiger partial charge in [-0.05, 0) is 61.9 Å². The number of aryl methyl sites for hydroxylation is 1. The maximum Gasteiger partial charge on any atom is 0.261 e. The van der Waals surface area contributed by atoms with E-state index in [1.165, 1.54) is 12.1 Å². The van der Waals surface area contributed by atoms with Crippen molar-refractivity contribution in [2.24, 2.45) is 0 Å². The van der Waals surface area contributed by atoms with Crippen molar-refractivity contribution in [3.05, 3.63) is 79.1 Å². The van der Waals surface area contributed by atoms with Crippen LogP contribution in [0.15, 0.2) is 78.2 Å². The van der Waals surface area contributed by atoms with Crippen LogP contribution in [-0.2, 0) is 10.0 Å². The van der Waals surface area contributed by atoms with Gasteiger partial charge in [-0.1, -0.05) is 13.3 Å². The van der Waals surface area contributed by atoms with Gasteiger partial charge in [0.1, 0.15) is 29.5 Å². The molecule has 2 heterocycles. The number of ether oxygens (including phenoxy) is 1. The zero-order valence-corrected chi connectivity index (χ0v) is 19.8. The summed E-state index contributed by atoms with van der Waals surface area (Å²) in [4.78, 5) is 13.0. The van der Waals surface area contributed by atoms with Gasteiger partial charge in [0.05, 0.1) is 11.5 Å². The van der Waals surface area contributed by atoms with E-state index in [0.29, 0.717) is 35.5 Å². The fourth-order valence-electron chi connectivity index (χ4n) is 3.18. The number of benzene rings is 2. The summed E-state index contributed by atoms with van der Waals surface area (Å²) in [5.41, 5.74) is 1.21. The lowest BCUT2D eigenvalue weighted by atomic mass is 10.3. The Morgan fingerprint density at radius 3 is 2.41 bits per heavy atom. The molecule has 0 aliphatic rings. The zero-order valence-electron chi connectivity index (χ0n) is 19.0. The summed E-state index contributed by atoms with van der Waals surface area (Å²) in [7, 11) is -3.72. The highest BCUT2D eigenvalue weighted by Crippen LogP contribution is 2.23. The average molecular weight is 479 g/mol. The minimum absolute atomic E-state index is 0.168. The molecule has 0 aliphatic heterocycles. The van der Waals surface area contributed by atoms with E-state index in [9.17, 15) is 8.42 Å². The molecule has 0 radical (unpaired) electrons. The van der Waals surface area contributed by atoms with E-state index in [1.807, 2.05) is 6.92 Å². The van der Waals surface area contributed by atoms with Gasteiger partial charge in [-0.15, -0.1) is 0 Å². The van der Waals surface area contributed by atoms with Crippen LogP contribution < -0.4 is 14.8 Å². The predicted molar refractivity (Wildman–Crippen MR) is 131 cm³/mol. The summed E-state index contributed by atoms with van der Waals surface area (Å²) >= 11 is 0. The van der Waals surface area contributed by atoms with Crippen LogP contribution in [0.5, 0.6) is 5.75 Å². The smallest absolute Gasteiger partial charge is 0.261 e. The summed E-state index contributed by atoms with van der Waals surface area (Å²) in [6, 6.07) is 15.1. The fourth-order valence-corrected chi connectivity index (χ4v) is 4.23. The Kier molecular flexibility index (Phi) is 7.07. The Labute approximate surface area is 198 Å². The number of imidazole rings is 1. The topological polar surface area (TPSA) is 111 Å². The SMILES string of the molecule is CCCCOc1ccc(S(=O)(=O)Nc2ccc(Nc3cc(-n4ccnc4)nc(C)n3)cc2)cc1. The van der Waals surface area contributed by atoms with Gasteiger partial charge < -0.3 is 10.1 Å². The van der Waals surface area contributed by atoms with Crippen LogP contribution >= 0.6 is 0 Å². The molecular weight excluding hydrogens is 452 g/mol. The maximum absolute atomic E-state index is 12.7. The van der Waals surface area contributed by atoms with E-state index in [2.05, 4.69) is 31.9 Å².